The standard InChI is InChI=1S/C25H28N2O3S/c1-18-12-14-23(15-13-18)31(29,30)27(24-11-7-9-19(2)21(24)4)17-25(28)26-16-22-10-6-5-8-20(22)3/h5-15H,16-17H2,1-4H3,(H,26,28). The monoisotopic (exact) mass is 436 g/mol. The molecule has 0 atom stereocenters. The third-order valence-electron chi connectivity index (χ3n) is 5.48. The first-order chi connectivity index (χ1) is 14.7. The quantitative estimate of drug-likeness (QED) is 0.596. The molecule has 0 aromatic heterocycles. The number of sulfonamides is 1. The summed E-state index contributed by atoms with van der Waals surface area (Å²) >= 11 is 0. The number of nitrogens with zero attached hydrogens (tertiary/aromatic N) is 1. The van der Waals surface area contributed by atoms with Crippen LogP contribution in [0.2, 0.25) is 0 Å². The molecule has 0 fully saturated rings. The number of nitrogens with one attached hydrogen (secondary N) is 1. The number of rotatable bonds is 7. The Balaban J connectivity index is 1.92. The predicted molar refractivity (Wildman–Crippen MR) is 125 cm³/mol. The van der Waals surface area contributed by atoms with E-state index in [1.54, 1.807) is 36.4 Å². The molecule has 0 unspecified atom stereocenters. The molecule has 0 spiro atoms. The lowest BCUT2D eigenvalue weighted by Crippen LogP contribution is -2.41. The van der Waals surface area contributed by atoms with Crippen LogP contribution < -0.4 is 9.62 Å². The Hall–Kier alpha value is -3.12. The summed E-state index contributed by atoms with van der Waals surface area (Å²) in [6.45, 7) is 7.72. The van der Waals surface area contributed by atoms with Gasteiger partial charge in [-0.05, 0) is 68.1 Å². The van der Waals surface area contributed by atoms with Crippen LogP contribution in [0, 0.1) is 27.7 Å². The number of aryl methyl sites for hydroxylation is 3. The van der Waals surface area contributed by atoms with E-state index < -0.39 is 10.0 Å². The Labute approximate surface area is 184 Å². The summed E-state index contributed by atoms with van der Waals surface area (Å²) in [5.74, 6) is -0.361. The van der Waals surface area contributed by atoms with Gasteiger partial charge in [-0.2, -0.15) is 0 Å². The topological polar surface area (TPSA) is 66.5 Å². The zero-order chi connectivity index (χ0) is 22.6. The van der Waals surface area contributed by atoms with Crippen LogP contribution >= 0.6 is 0 Å². The van der Waals surface area contributed by atoms with Crippen molar-refractivity contribution in [3.05, 3.63) is 94.5 Å². The lowest BCUT2D eigenvalue weighted by Gasteiger charge is -2.26. The average molecular weight is 437 g/mol. The molecule has 0 aliphatic heterocycles. The maximum Gasteiger partial charge on any atom is 0.264 e. The minimum Gasteiger partial charge on any atom is -0.350 e. The number of amides is 1. The van der Waals surface area contributed by atoms with Gasteiger partial charge < -0.3 is 5.32 Å². The predicted octanol–water partition coefficient (Wildman–Crippen LogP) is 4.43. The number of carbonyl (C=O) groups is 1. The zero-order valence-electron chi connectivity index (χ0n) is 18.3. The Morgan fingerprint density at radius 2 is 1.48 bits per heavy atom. The van der Waals surface area contributed by atoms with Gasteiger partial charge >= 0.3 is 0 Å². The van der Waals surface area contributed by atoms with Gasteiger partial charge in [0.25, 0.3) is 10.0 Å². The van der Waals surface area contributed by atoms with Crippen LogP contribution in [-0.2, 0) is 21.4 Å². The van der Waals surface area contributed by atoms with Gasteiger partial charge in [0.05, 0.1) is 10.6 Å². The molecule has 0 heterocycles. The molecule has 0 aliphatic rings. The Morgan fingerprint density at radius 3 is 2.16 bits per heavy atom. The summed E-state index contributed by atoms with van der Waals surface area (Å²) in [5.41, 5.74) is 5.32. The number of carbonyl (C=O) groups excluding carboxylic acids is 1. The summed E-state index contributed by atoms with van der Waals surface area (Å²) in [6, 6.07) is 19.9. The van der Waals surface area contributed by atoms with Crippen molar-refractivity contribution < 1.29 is 13.2 Å². The maximum absolute atomic E-state index is 13.5. The highest BCUT2D eigenvalue weighted by Gasteiger charge is 2.28. The molecule has 0 radical (unpaired) electrons. The van der Waals surface area contributed by atoms with Crippen LogP contribution in [0.3, 0.4) is 0 Å². The van der Waals surface area contributed by atoms with Gasteiger partial charge in [-0.3, -0.25) is 9.10 Å². The Bertz CT molecular complexity index is 1190. The third-order valence-corrected chi connectivity index (χ3v) is 7.25. The van der Waals surface area contributed by atoms with Crippen LogP contribution in [-0.4, -0.2) is 20.9 Å². The zero-order valence-corrected chi connectivity index (χ0v) is 19.2. The minimum absolute atomic E-state index is 0.158. The van der Waals surface area contributed by atoms with E-state index in [9.17, 15) is 13.2 Å². The largest absolute Gasteiger partial charge is 0.350 e. The van der Waals surface area contributed by atoms with E-state index >= 15 is 0 Å². The van der Waals surface area contributed by atoms with Crippen molar-refractivity contribution in [2.24, 2.45) is 0 Å². The fourth-order valence-electron chi connectivity index (χ4n) is 3.33. The van der Waals surface area contributed by atoms with Gasteiger partial charge in [-0.1, -0.05) is 54.1 Å². The van der Waals surface area contributed by atoms with Crippen LogP contribution in [0.25, 0.3) is 0 Å². The van der Waals surface area contributed by atoms with Crippen LogP contribution in [0.1, 0.15) is 27.8 Å². The van der Waals surface area contributed by atoms with Gasteiger partial charge in [0.1, 0.15) is 6.54 Å². The van der Waals surface area contributed by atoms with E-state index in [4.69, 9.17) is 0 Å². The molecule has 6 heteroatoms. The first-order valence-electron chi connectivity index (χ1n) is 10.2. The summed E-state index contributed by atoms with van der Waals surface area (Å²) in [7, 11) is -3.92. The van der Waals surface area contributed by atoms with E-state index in [2.05, 4.69) is 5.32 Å². The normalized spacial score (nSPS) is 11.2. The molecule has 3 aromatic carbocycles. The molecule has 1 N–H and O–H groups in total. The van der Waals surface area contributed by atoms with Gasteiger partial charge in [0, 0.05) is 6.54 Å². The van der Waals surface area contributed by atoms with E-state index in [1.165, 1.54) is 4.31 Å². The number of hydrogen-bond donors (Lipinski definition) is 1. The summed E-state index contributed by atoms with van der Waals surface area (Å²) in [5, 5.41) is 2.86. The van der Waals surface area contributed by atoms with Gasteiger partial charge in [0.2, 0.25) is 5.91 Å². The molecule has 5 nitrogen and oxygen atoms in total. The van der Waals surface area contributed by atoms with E-state index in [0.29, 0.717) is 12.2 Å². The second-order valence-corrected chi connectivity index (χ2v) is 9.61. The minimum atomic E-state index is -3.92. The molecule has 3 rings (SSSR count). The molecule has 1 amide bonds. The molecular weight excluding hydrogens is 408 g/mol. The van der Waals surface area contributed by atoms with Crippen molar-refractivity contribution in [1.82, 2.24) is 5.32 Å². The smallest absolute Gasteiger partial charge is 0.264 e. The molecule has 0 saturated carbocycles. The number of hydrogen-bond acceptors (Lipinski definition) is 3. The second kappa shape index (κ2) is 9.35. The van der Waals surface area contributed by atoms with Gasteiger partial charge in [-0.25, -0.2) is 8.42 Å². The highest BCUT2D eigenvalue weighted by Crippen LogP contribution is 2.28. The molecule has 0 saturated heterocycles. The SMILES string of the molecule is Cc1ccc(S(=O)(=O)N(CC(=O)NCc2ccccc2C)c2cccc(C)c2C)cc1. The van der Waals surface area contributed by atoms with Crippen LogP contribution in [0.5, 0.6) is 0 Å². The Kier molecular flexibility index (Phi) is 6.81. The van der Waals surface area contributed by atoms with Crippen molar-refractivity contribution in [2.45, 2.75) is 39.1 Å². The van der Waals surface area contributed by atoms with Gasteiger partial charge in [-0.15, -0.1) is 0 Å². The summed E-state index contributed by atoms with van der Waals surface area (Å²) in [4.78, 5) is 13.0. The lowest BCUT2D eigenvalue weighted by molar-refractivity contribution is -0.119. The van der Waals surface area contributed by atoms with E-state index in [-0.39, 0.29) is 17.3 Å². The van der Waals surface area contributed by atoms with Crippen molar-refractivity contribution in [1.29, 1.82) is 0 Å². The second-order valence-electron chi connectivity index (χ2n) is 7.75. The molecule has 3 aromatic rings. The summed E-state index contributed by atoms with van der Waals surface area (Å²) < 4.78 is 28.2. The first kappa shape index (κ1) is 22.6. The number of benzene rings is 3. The highest BCUT2D eigenvalue weighted by atomic mass is 32.2. The summed E-state index contributed by atoms with van der Waals surface area (Å²) in [6.07, 6.45) is 0. The molecule has 162 valence electrons. The van der Waals surface area contributed by atoms with Gasteiger partial charge in [0.15, 0.2) is 0 Å². The fraction of sp³-hybridized carbons (Fsp3) is 0.240. The molecular formula is C25H28N2O3S. The van der Waals surface area contributed by atoms with Crippen molar-refractivity contribution in [3.8, 4) is 0 Å². The maximum atomic E-state index is 13.5. The highest BCUT2D eigenvalue weighted by molar-refractivity contribution is 7.92. The number of anilines is 1. The fourth-order valence-corrected chi connectivity index (χ4v) is 4.81. The van der Waals surface area contributed by atoms with Crippen LogP contribution in [0.15, 0.2) is 71.6 Å². The Morgan fingerprint density at radius 1 is 0.839 bits per heavy atom. The van der Waals surface area contributed by atoms with E-state index in [1.807, 2.05) is 58.0 Å². The van der Waals surface area contributed by atoms with Crippen molar-refractivity contribution in [3.63, 3.8) is 0 Å². The average Bonchev–Trinajstić information content (AvgIpc) is 2.74. The van der Waals surface area contributed by atoms with Crippen LogP contribution in [0.4, 0.5) is 5.69 Å². The lowest BCUT2D eigenvalue weighted by atomic mass is 10.1. The third kappa shape index (κ3) is 5.14. The first-order valence-corrected chi connectivity index (χ1v) is 11.6. The van der Waals surface area contributed by atoms with Crippen molar-refractivity contribution in [2.75, 3.05) is 10.8 Å². The van der Waals surface area contributed by atoms with Crippen molar-refractivity contribution >= 4 is 21.6 Å². The molecule has 31 heavy (non-hydrogen) atoms. The molecule has 0 aliphatic carbocycles. The van der Waals surface area contributed by atoms with E-state index in [0.717, 1.165) is 27.8 Å². The molecule has 0 bridgehead atoms.